The van der Waals surface area contributed by atoms with E-state index in [1.165, 1.54) is 17.1 Å². The van der Waals surface area contributed by atoms with Crippen LogP contribution in [0, 0.1) is 0 Å². The summed E-state index contributed by atoms with van der Waals surface area (Å²) in [5.74, 6) is 5.84. The molecule has 106 valence electrons. The maximum absolute atomic E-state index is 12.4. The maximum Gasteiger partial charge on any atom is 0.416 e. The first-order chi connectivity index (χ1) is 9.36. The van der Waals surface area contributed by atoms with Crippen LogP contribution in [0.3, 0.4) is 0 Å². The predicted molar refractivity (Wildman–Crippen MR) is 73.3 cm³/mol. The monoisotopic (exact) mass is 300 g/mol. The third kappa shape index (κ3) is 3.65. The van der Waals surface area contributed by atoms with Crippen LogP contribution in [-0.2, 0) is 12.7 Å². The summed E-state index contributed by atoms with van der Waals surface area (Å²) in [5.41, 5.74) is 0.728. The average molecular weight is 301 g/mol. The van der Waals surface area contributed by atoms with E-state index in [1.807, 2.05) is 12.1 Å². The third-order valence-corrected chi connectivity index (χ3v) is 3.04. The number of hydrogen-bond acceptors (Lipinski definition) is 2. The van der Waals surface area contributed by atoms with Crippen LogP contribution in [0.15, 0.2) is 48.5 Å². The highest BCUT2D eigenvalue weighted by atomic mass is 35.5. The van der Waals surface area contributed by atoms with Gasteiger partial charge in [0.1, 0.15) is 0 Å². The lowest BCUT2D eigenvalue weighted by molar-refractivity contribution is -0.137. The van der Waals surface area contributed by atoms with Crippen molar-refractivity contribution in [2.24, 2.45) is 5.84 Å². The van der Waals surface area contributed by atoms with Crippen LogP contribution in [0.1, 0.15) is 11.1 Å². The van der Waals surface area contributed by atoms with E-state index in [0.29, 0.717) is 17.3 Å². The highest BCUT2D eigenvalue weighted by Crippen LogP contribution is 2.30. The molecule has 6 heteroatoms. The van der Waals surface area contributed by atoms with E-state index >= 15 is 0 Å². The molecule has 0 aliphatic rings. The SMILES string of the molecule is NN(Cc1ccc(Cl)cc1)c1ccc(C(F)(F)F)cc1. The Hall–Kier alpha value is -1.72. The average Bonchev–Trinajstić information content (AvgIpc) is 2.40. The zero-order valence-corrected chi connectivity index (χ0v) is 11.1. The fourth-order valence-electron chi connectivity index (χ4n) is 1.72. The van der Waals surface area contributed by atoms with Crippen molar-refractivity contribution < 1.29 is 13.2 Å². The normalized spacial score (nSPS) is 11.4. The Labute approximate surface area is 119 Å². The number of alkyl halides is 3. The molecule has 0 aliphatic carbocycles. The zero-order chi connectivity index (χ0) is 14.8. The van der Waals surface area contributed by atoms with Gasteiger partial charge in [0.25, 0.3) is 0 Å². The summed E-state index contributed by atoms with van der Waals surface area (Å²) in [6.45, 7) is 0.378. The van der Waals surface area contributed by atoms with Crippen molar-refractivity contribution in [2.45, 2.75) is 12.7 Å². The molecule has 0 spiro atoms. The number of benzene rings is 2. The lowest BCUT2D eigenvalue weighted by Crippen LogP contribution is -2.30. The van der Waals surface area contributed by atoms with Crippen molar-refractivity contribution in [1.82, 2.24) is 0 Å². The molecule has 0 radical (unpaired) electrons. The first kappa shape index (κ1) is 14.7. The Morgan fingerprint density at radius 1 is 0.950 bits per heavy atom. The van der Waals surface area contributed by atoms with Crippen molar-refractivity contribution in [3.05, 3.63) is 64.7 Å². The predicted octanol–water partition coefficient (Wildman–Crippen LogP) is 4.24. The van der Waals surface area contributed by atoms with E-state index in [4.69, 9.17) is 17.4 Å². The molecule has 20 heavy (non-hydrogen) atoms. The molecule has 2 nitrogen and oxygen atoms in total. The molecule has 0 heterocycles. The molecule has 2 N–H and O–H groups in total. The Morgan fingerprint density at radius 3 is 2.00 bits per heavy atom. The zero-order valence-electron chi connectivity index (χ0n) is 10.4. The van der Waals surface area contributed by atoms with Crippen molar-refractivity contribution >= 4 is 17.3 Å². The second-order valence-corrected chi connectivity index (χ2v) is 4.74. The van der Waals surface area contributed by atoms with Gasteiger partial charge in [-0.3, -0.25) is 0 Å². The van der Waals surface area contributed by atoms with Crippen molar-refractivity contribution in [3.63, 3.8) is 0 Å². The van der Waals surface area contributed by atoms with Gasteiger partial charge in [-0.25, -0.2) is 5.84 Å². The first-order valence-electron chi connectivity index (χ1n) is 5.80. The summed E-state index contributed by atoms with van der Waals surface area (Å²) in [6, 6.07) is 11.8. The molecule has 0 aromatic heterocycles. The number of rotatable bonds is 3. The molecule has 0 unspecified atom stereocenters. The minimum atomic E-state index is -4.34. The lowest BCUT2D eigenvalue weighted by Gasteiger charge is -2.19. The molecule has 0 saturated heterocycles. The summed E-state index contributed by atoms with van der Waals surface area (Å²) in [6.07, 6.45) is -4.34. The van der Waals surface area contributed by atoms with Crippen LogP contribution in [0.4, 0.5) is 18.9 Å². The molecular formula is C14H12ClF3N2. The Kier molecular flexibility index (Phi) is 4.20. The van der Waals surface area contributed by atoms with Gasteiger partial charge in [-0.15, -0.1) is 0 Å². The number of anilines is 1. The van der Waals surface area contributed by atoms with Crippen LogP contribution in [0.25, 0.3) is 0 Å². The second kappa shape index (κ2) is 5.73. The molecule has 0 saturated carbocycles. The number of halogens is 4. The molecule has 2 rings (SSSR count). The molecule has 2 aromatic carbocycles. The topological polar surface area (TPSA) is 29.3 Å². The van der Waals surface area contributed by atoms with Crippen LogP contribution in [0.5, 0.6) is 0 Å². The Balaban J connectivity index is 2.09. The Morgan fingerprint density at radius 2 is 1.50 bits per heavy atom. The van der Waals surface area contributed by atoms with Gasteiger partial charge in [-0.1, -0.05) is 23.7 Å². The van der Waals surface area contributed by atoms with Crippen LogP contribution in [-0.4, -0.2) is 0 Å². The fraction of sp³-hybridized carbons (Fsp3) is 0.143. The summed E-state index contributed by atoms with van der Waals surface area (Å²) in [5, 5.41) is 2.00. The number of hydrogen-bond donors (Lipinski definition) is 1. The maximum atomic E-state index is 12.4. The van der Waals surface area contributed by atoms with E-state index in [1.54, 1.807) is 12.1 Å². The van der Waals surface area contributed by atoms with E-state index in [-0.39, 0.29) is 0 Å². The lowest BCUT2D eigenvalue weighted by atomic mass is 10.2. The number of nitrogens with zero attached hydrogens (tertiary/aromatic N) is 1. The van der Waals surface area contributed by atoms with E-state index < -0.39 is 11.7 Å². The Bertz CT molecular complexity index is 564. The van der Waals surface area contributed by atoms with Crippen molar-refractivity contribution in [1.29, 1.82) is 0 Å². The number of hydrazine groups is 1. The number of nitrogens with two attached hydrogens (primary N) is 1. The highest BCUT2D eigenvalue weighted by molar-refractivity contribution is 6.30. The molecule has 2 aromatic rings. The third-order valence-electron chi connectivity index (χ3n) is 2.79. The molecule has 0 fully saturated rings. The summed E-state index contributed by atoms with van der Waals surface area (Å²) >= 11 is 5.77. The van der Waals surface area contributed by atoms with E-state index in [9.17, 15) is 13.2 Å². The minimum absolute atomic E-state index is 0.378. The van der Waals surface area contributed by atoms with Gasteiger partial charge in [0.05, 0.1) is 17.8 Å². The van der Waals surface area contributed by atoms with Crippen LogP contribution >= 0.6 is 11.6 Å². The van der Waals surface area contributed by atoms with Gasteiger partial charge in [0.2, 0.25) is 0 Å². The standard InChI is InChI=1S/C14H12ClF3N2/c15-12-5-1-10(2-6-12)9-20(19)13-7-3-11(4-8-13)14(16,17)18/h1-8H,9,19H2. The van der Waals surface area contributed by atoms with Gasteiger partial charge >= 0.3 is 6.18 Å². The molecule has 0 amide bonds. The van der Waals surface area contributed by atoms with Crippen LogP contribution < -0.4 is 10.9 Å². The second-order valence-electron chi connectivity index (χ2n) is 4.30. The van der Waals surface area contributed by atoms with Gasteiger partial charge in [-0.2, -0.15) is 13.2 Å². The summed E-state index contributed by atoms with van der Waals surface area (Å²) in [4.78, 5) is 0. The molecule has 0 atom stereocenters. The van der Waals surface area contributed by atoms with Crippen LogP contribution in [0.2, 0.25) is 5.02 Å². The smallest absolute Gasteiger partial charge is 0.307 e. The van der Waals surface area contributed by atoms with Crippen molar-refractivity contribution in [2.75, 3.05) is 5.01 Å². The van der Waals surface area contributed by atoms with E-state index in [2.05, 4.69) is 0 Å². The van der Waals surface area contributed by atoms with Gasteiger partial charge in [0, 0.05) is 5.02 Å². The largest absolute Gasteiger partial charge is 0.416 e. The van der Waals surface area contributed by atoms with Gasteiger partial charge < -0.3 is 5.01 Å². The van der Waals surface area contributed by atoms with E-state index in [0.717, 1.165) is 17.7 Å². The molecule has 0 aliphatic heterocycles. The van der Waals surface area contributed by atoms with Gasteiger partial charge in [0.15, 0.2) is 0 Å². The first-order valence-corrected chi connectivity index (χ1v) is 6.18. The van der Waals surface area contributed by atoms with Gasteiger partial charge in [-0.05, 0) is 42.0 Å². The quantitative estimate of drug-likeness (QED) is 0.678. The highest BCUT2D eigenvalue weighted by Gasteiger charge is 2.30. The van der Waals surface area contributed by atoms with Crippen molar-refractivity contribution in [3.8, 4) is 0 Å². The molecule has 0 bridgehead atoms. The summed E-state index contributed by atoms with van der Waals surface area (Å²) < 4.78 is 37.3. The summed E-state index contributed by atoms with van der Waals surface area (Å²) in [7, 11) is 0. The molecular weight excluding hydrogens is 289 g/mol. The fourth-order valence-corrected chi connectivity index (χ4v) is 1.85. The minimum Gasteiger partial charge on any atom is -0.307 e.